The first-order chi connectivity index (χ1) is 6.64. The van der Waals surface area contributed by atoms with Gasteiger partial charge in [-0.1, -0.05) is 26.2 Å². The molecule has 0 aliphatic heterocycles. The van der Waals surface area contributed by atoms with Gasteiger partial charge in [-0.15, -0.1) is 0 Å². The fourth-order valence-corrected chi connectivity index (χ4v) is 2.80. The zero-order chi connectivity index (χ0) is 10.6. The van der Waals surface area contributed by atoms with Gasteiger partial charge in [0.1, 0.15) is 0 Å². The first-order valence-corrected chi connectivity index (χ1v) is 6.02. The van der Waals surface area contributed by atoms with Crippen LogP contribution in [0, 0.1) is 5.92 Å². The molecule has 84 valence electrons. The number of rotatable bonds is 4. The average Bonchev–Trinajstić information content (AvgIpc) is 2.17. The number of hydrogen-bond acceptors (Lipinski definition) is 2. The van der Waals surface area contributed by atoms with Crippen LogP contribution in [-0.4, -0.2) is 18.2 Å². The molecule has 0 radical (unpaired) electrons. The van der Waals surface area contributed by atoms with Crippen molar-refractivity contribution in [3.8, 4) is 0 Å². The zero-order valence-electron chi connectivity index (χ0n) is 9.88. The minimum Gasteiger partial charge on any atom is -0.371 e. The Hall–Kier alpha value is -0.0800. The lowest BCUT2D eigenvalue weighted by Gasteiger charge is -2.44. The van der Waals surface area contributed by atoms with Crippen LogP contribution in [0.3, 0.4) is 0 Å². The van der Waals surface area contributed by atoms with Gasteiger partial charge in [-0.05, 0) is 32.6 Å². The Labute approximate surface area is 88.2 Å². The third-order valence-electron chi connectivity index (χ3n) is 3.46. The average molecular weight is 199 g/mol. The van der Waals surface area contributed by atoms with E-state index < -0.39 is 0 Å². The summed E-state index contributed by atoms with van der Waals surface area (Å²) < 4.78 is 6.11. The number of ether oxygens (including phenoxy) is 1. The maximum absolute atomic E-state index is 6.11. The van der Waals surface area contributed by atoms with Crippen LogP contribution in [-0.2, 0) is 4.74 Å². The third-order valence-corrected chi connectivity index (χ3v) is 3.46. The highest BCUT2D eigenvalue weighted by molar-refractivity contribution is 4.92. The topological polar surface area (TPSA) is 35.2 Å². The molecule has 2 unspecified atom stereocenters. The molecule has 0 amide bonds. The molecule has 2 atom stereocenters. The van der Waals surface area contributed by atoms with Crippen molar-refractivity contribution in [3.63, 3.8) is 0 Å². The van der Waals surface area contributed by atoms with Crippen LogP contribution >= 0.6 is 0 Å². The number of hydrogen-bond donors (Lipinski definition) is 1. The van der Waals surface area contributed by atoms with Gasteiger partial charge >= 0.3 is 0 Å². The predicted octanol–water partition coefficient (Wildman–Crippen LogP) is 2.71. The summed E-state index contributed by atoms with van der Waals surface area (Å²) >= 11 is 0. The monoisotopic (exact) mass is 199 g/mol. The molecule has 0 spiro atoms. The summed E-state index contributed by atoms with van der Waals surface area (Å²) in [4.78, 5) is 0. The molecular formula is C12H25NO. The standard InChI is InChI=1S/C12H25NO/c1-4-11-7-5-6-8-12(11,9-13)14-10(2)3/h10-11H,4-9,13H2,1-3H3. The minimum absolute atomic E-state index is 0.0127. The minimum atomic E-state index is -0.0127. The van der Waals surface area contributed by atoms with Crippen molar-refractivity contribution >= 4 is 0 Å². The van der Waals surface area contributed by atoms with Gasteiger partial charge in [0, 0.05) is 6.54 Å². The molecule has 0 bridgehead atoms. The van der Waals surface area contributed by atoms with Crippen molar-refractivity contribution in [2.45, 2.75) is 64.6 Å². The molecule has 14 heavy (non-hydrogen) atoms. The summed E-state index contributed by atoms with van der Waals surface area (Å²) in [6.07, 6.45) is 6.57. The predicted molar refractivity (Wildman–Crippen MR) is 60.3 cm³/mol. The van der Waals surface area contributed by atoms with E-state index in [4.69, 9.17) is 10.5 Å². The lowest BCUT2D eigenvalue weighted by atomic mass is 9.73. The Balaban J connectivity index is 2.70. The Morgan fingerprint density at radius 2 is 2.14 bits per heavy atom. The number of nitrogens with two attached hydrogens (primary N) is 1. The molecule has 2 heteroatoms. The van der Waals surface area contributed by atoms with Crippen LogP contribution < -0.4 is 5.73 Å². The molecule has 0 heterocycles. The van der Waals surface area contributed by atoms with Gasteiger partial charge in [0.25, 0.3) is 0 Å². The van der Waals surface area contributed by atoms with E-state index in [1.54, 1.807) is 0 Å². The highest BCUT2D eigenvalue weighted by Crippen LogP contribution is 2.38. The maximum Gasteiger partial charge on any atom is 0.0835 e. The maximum atomic E-state index is 6.11. The van der Waals surface area contributed by atoms with Crippen molar-refractivity contribution in [2.75, 3.05) is 6.54 Å². The van der Waals surface area contributed by atoms with Gasteiger partial charge in [-0.3, -0.25) is 0 Å². The van der Waals surface area contributed by atoms with Crippen LogP contribution in [0.1, 0.15) is 52.9 Å². The van der Waals surface area contributed by atoms with Crippen molar-refractivity contribution in [3.05, 3.63) is 0 Å². The van der Waals surface area contributed by atoms with Crippen molar-refractivity contribution in [1.82, 2.24) is 0 Å². The van der Waals surface area contributed by atoms with E-state index in [-0.39, 0.29) is 5.60 Å². The molecule has 1 aliphatic rings. The Bertz CT molecular complexity index is 170. The van der Waals surface area contributed by atoms with E-state index in [9.17, 15) is 0 Å². The molecule has 2 nitrogen and oxygen atoms in total. The summed E-state index contributed by atoms with van der Waals surface area (Å²) in [5.41, 5.74) is 5.91. The van der Waals surface area contributed by atoms with E-state index >= 15 is 0 Å². The van der Waals surface area contributed by atoms with Crippen molar-refractivity contribution < 1.29 is 4.74 Å². The molecule has 1 aliphatic carbocycles. The zero-order valence-corrected chi connectivity index (χ0v) is 9.88. The molecule has 0 saturated heterocycles. The highest BCUT2D eigenvalue weighted by Gasteiger charge is 2.40. The van der Waals surface area contributed by atoms with Crippen LogP contribution in [0.2, 0.25) is 0 Å². The van der Waals surface area contributed by atoms with E-state index in [1.807, 2.05) is 0 Å². The molecule has 0 aromatic rings. The second-order valence-corrected chi connectivity index (χ2v) is 4.79. The van der Waals surface area contributed by atoms with Gasteiger partial charge in [0.15, 0.2) is 0 Å². The molecule has 0 aromatic carbocycles. The van der Waals surface area contributed by atoms with E-state index in [0.717, 1.165) is 6.42 Å². The van der Waals surface area contributed by atoms with E-state index in [2.05, 4.69) is 20.8 Å². The summed E-state index contributed by atoms with van der Waals surface area (Å²) in [5.74, 6) is 0.670. The van der Waals surface area contributed by atoms with Crippen LogP contribution in [0.4, 0.5) is 0 Å². The molecule has 1 fully saturated rings. The quantitative estimate of drug-likeness (QED) is 0.755. The second-order valence-electron chi connectivity index (χ2n) is 4.79. The van der Waals surface area contributed by atoms with Gasteiger partial charge in [0.05, 0.1) is 11.7 Å². The lowest BCUT2D eigenvalue weighted by molar-refractivity contribution is -0.129. The molecular weight excluding hydrogens is 174 g/mol. The van der Waals surface area contributed by atoms with Crippen LogP contribution in [0.25, 0.3) is 0 Å². The van der Waals surface area contributed by atoms with Crippen molar-refractivity contribution in [2.24, 2.45) is 11.7 Å². The summed E-state index contributed by atoms with van der Waals surface area (Å²) in [6, 6.07) is 0. The first kappa shape index (κ1) is 12.0. The SMILES string of the molecule is CCC1CCCCC1(CN)OC(C)C. The molecule has 1 saturated carbocycles. The van der Waals surface area contributed by atoms with E-state index in [0.29, 0.717) is 18.6 Å². The first-order valence-electron chi connectivity index (χ1n) is 6.02. The van der Waals surface area contributed by atoms with E-state index in [1.165, 1.54) is 25.7 Å². The molecule has 2 N–H and O–H groups in total. The third kappa shape index (κ3) is 2.48. The van der Waals surface area contributed by atoms with Crippen molar-refractivity contribution in [1.29, 1.82) is 0 Å². The highest BCUT2D eigenvalue weighted by atomic mass is 16.5. The van der Waals surface area contributed by atoms with Crippen LogP contribution in [0.5, 0.6) is 0 Å². The normalized spacial score (nSPS) is 33.6. The Morgan fingerprint density at radius 1 is 1.43 bits per heavy atom. The Kier molecular flexibility index (Phi) is 4.39. The summed E-state index contributed by atoms with van der Waals surface area (Å²) in [7, 11) is 0. The fourth-order valence-electron chi connectivity index (χ4n) is 2.80. The van der Waals surface area contributed by atoms with Gasteiger partial charge in [0.2, 0.25) is 0 Å². The summed E-state index contributed by atoms with van der Waals surface area (Å²) in [5, 5.41) is 0. The van der Waals surface area contributed by atoms with Crippen LogP contribution in [0.15, 0.2) is 0 Å². The van der Waals surface area contributed by atoms with Gasteiger partial charge < -0.3 is 10.5 Å². The second kappa shape index (κ2) is 5.13. The lowest BCUT2D eigenvalue weighted by Crippen LogP contribution is -2.50. The summed E-state index contributed by atoms with van der Waals surface area (Å²) in [6.45, 7) is 7.16. The molecule has 1 rings (SSSR count). The van der Waals surface area contributed by atoms with Gasteiger partial charge in [-0.2, -0.15) is 0 Å². The molecule has 0 aromatic heterocycles. The van der Waals surface area contributed by atoms with Gasteiger partial charge in [-0.25, -0.2) is 0 Å². The smallest absolute Gasteiger partial charge is 0.0835 e. The largest absolute Gasteiger partial charge is 0.371 e. The Morgan fingerprint density at radius 3 is 2.64 bits per heavy atom. The fraction of sp³-hybridized carbons (Fsp3) is 1.00.